The van der Waals surface area contributed by atoms with Crippen LogP contribution in [0.1, 0.15) is 10.4 Å². The van der Waals surface area contributed by atoms with Gasteiger partial charge in [0.1, 0.15) is 5.52 Å². The van der Waals surface area contributed by atoms with Gasteiger partial charge in [-0.1, -0.05) is 59.1 Å². The highest BCUT2D eigenvalue weighted by molar-refractivity contribution is 6.42. The largest absolute Gasteiger partial charge is 0.436 e. The lowest BCUT2D eigenvalue weighted by Crippen LogP contribution is -2.12. The van der Waals surface area contributed by atoms with Crippen LogP contribution < -0.4 is 5.32 Å². The van der Waals surface area contributed by atoms with Gasteiger partial charge in [0, 0.05) is 27.2 Å². The molecule has 0 aliphatic rings. The lowest BCUT2D eigenvalue weighted by atomic mass is 10.0. The van der Waals surface area contributed by atoms with Gasteiger partial charge in [-0.25, -0.2) is 4.98 Å². The molecule has 1 N–H and O–H groups in total. The van der Waals surface area contributed by atoms with E-state index < -0.39 is 0 Å². The number of oxazole rings is 1. The summed E-state index contributed by atoms with van der Waals surface area (Å²) in [6.45, 7) is 0. The lowest BCUT2D eigenvalue weighted by molar-refractivity contribution is 0.102. The van der Waals surface area contributed by atoms with Crippen molar-refractivity contribution in [3.8, 4) is 11.5 Å². The minimum absolute atomic E-state index is 0.236. The number of halogens is 3. The Morgan fingerprint density at radius 3 is 2.45 bits per heavy atom. The number of nitrogens with zero attached hydrogens (tertiary/aromatic N) is 1. The second-order valence-corrected chi connectivity index (χ2v) is 8.15. The van der Waals surface area contributed by atoms with Gasteiger partial charge in [-0.05, 0) is 53.9 Å². The number of fused-ring (bicyclic) bond motifs is 2. The Bertz CT molecular complexity index is 1480. The molecular formula is C24H13Cl3N2O2. The van der Waals surface area contributed by atoms with Gasteiger partial charge in [0.25, 0.3) is 5.91 Å². The SMILES string of the molecule is O=C(Nc1ccc2oc(-c3ccc(Cl)c(Cl)c3)nc2c1)c1cccc2c(Cl)cccc12. The first-order valence-corrected chi connectivity index (χ1v) is 10.5. The first-order valence-electron chi connectivity index (χ1n) is 9.34. The van der Waals surface area contributed by atoms with E-state index >= 15 is 0 Å². The quantitative estimate of drug-likeness (QED) is 0.294. The van der Waals surface area contributed by atoms with Crippen LogP contribution in [0.3, 0.4) is 0 Å². The molecule has 0 fully saturated rings. The third-order valence-corrected chi connectivity index (χ3v) is 5.99. The highest BCUT2D eigenvalue weighted by Gasteiger charge is 2.14. The molecule has 152 valence electrons. The average molecular weight is 468 g/mol. The number of rotatable bonds is 3. The summed E-state index contributed by atoms with van der Waals surface area (Å²) < 4.78 is 5.82. The molecule has 1 heterocycles. The summed E-state index contributed by atoms with van der Waals surface area (Å²) in [7, 11) is 0. The fourth-order valence-corrected chi connectivity index (χ4v) is 3.96. The molecule has 1 aromatic heterocycles. The van der Waals surface area contributed by atoms with Crippen molar-refractivity contribution in [2.45, 2.75) is 0 Å². The molecule has 0 saturated heterocycles. The lowest BCUT2D eigenvalue weighted by Gasteiger charge is -2.09. The van der Waals surface area contributed by atoms with E-state index in [1.807, 2.05) is 24.3 Å². The van der Waals surface area contributed by atoms with Gasteiger partial charge in [0.15, 0.2) is 5.58 Å². The summed E-state index contributed by atoms with van der Waals surface area (Å²) in [5.74, 6) is 0.182. The van der Waals surface area contributed by atoms with Crippen molar-refractivity contribution in [2.24, 2.45) is 0 Å². The van der Waals surface area contributed by atoms with Crippen molar-refractivity contribution < 1.29 is 9.21 Å². The number of carbonyl (C=O) groups is 1. The highest BCUT2D eigenvalue weighted by atomic mass is 35.5. The summed E-state index contributed by atoms with van der Waals surface area (Å²) in [4.78, 5) is 17.5. The van der Waals surface area contributed by atoms with E-state index in [1.165, 1.54) is 0 Å². The number of aromatic nitrogens is 1. The van der Waals surface area contributed by atoms with Crippen LogP contribution in [-0.4, -0.2) is 10.9 Å². The third-order valence-electron chi connectivity index (χ3n) is 4.93. The fourth-order valence-electron chi connectivity index (χ4n) is 3.43. The number of nitrogens with one attached hydrogen (secondary N) is 1. The average Bonchev–Trinajstić information content (AvgIpc) is 3.19. The van der Waals surface area contributed by atoms with Crippen LogP contribution in [0.5, 0.6) is 0 Å². The Kier molecular flexibility index (Phi) is 5.06. The molecule has 0 spiro atoms. The molecule has 0 atom stereocenters. The number of anilines is 1. The van der Waals surface area contributed by atoms with Crippen molar-refractivity contribution in [3.63, 3.8) is 0 Å². The number of amides is 1. The number of hydrogen-bond donors (Lipinski definition) is 1. The van der Waals surface area contributed by atoms with E-state index in [-0.39, 0.29) is 5.91 Å². The van der Waals surface area contributed by atoms with Gasteiger partial charge in [-0.3, -0.25) is 4.79 Å². The molecule has 0 aliphatic heterocycles. The second kappa shape index (κ2) is 7.89. The Morgan fingerprint density at radius 2 is 1.61 bits per heavy atom. The van der Waals surface area contributed by atoms with Gasteiger partial charge in [-0.2, -0.15) is 0 Å². The van der Waals surface area contributed by atoms with E-state index in [2.05, 4.69) is 10.3 Å². The number of hydrogen-bond acceptors (Lipinski definition) is 3. The maximum atomic E-state index is 12.9. The Morgan fingerprint density at radius 1 is 0.806 bits per heavy atom. The van der Waals surface area contributed by atoms with Crippen molar-refractivity contribution in [1.29, 1.82) is 0 Å². The predicted octanol–water partition coefficient (Wildman–Crippen LogP) is 7.86. The third kappa shape index (κ3) is 3.74. The van der Waals surface area contributed by atoms with E-state index in [0.29, 0.717) is 48.9 Å². The van der Waals surface area contributed by atoms with Crippen LogP contribution in [0.25, 0.3) is 33.3 Å². The molecule has 31 heavy (non-hydrogen) atoms. The van der Waals surface area contributed by atoms with Gasteiger partial charge in [0.05, 0.1) is 10.0 Å². The van der Waals surface area contributed by atoms with Gasteiger partial charge in [-0.15, -0.1) is 0 Å². The van der Waals surface area contributed by atoms with Crippen molar-refractivity contribution in [2.75, 3.05) is 5.32 Å². The standard InChI is InChI=1S/C24H13Cl3N2O2/c25-18-6-2-3-15-16(18)4-1-5-17(15)23(30)28-14-8-10-22-21(12-14)29-24(31-22)13-7-9-19(26)20(27)11-13/h1-12H,(H,28,30). The predicted molar refractivity (Wildman–Crippen MR) is 126 cm³/mol. The molecule has 0 aliphatic carbocycles. The van der Waals surface area contributed by atoms with Crippen LogP contribution in [-0.2, 0) is 0 Å². The fraction of sp³-hybridized carbons (Fsp3) is 0. The summed E-state index contributed by atoms with van der Waals surface area (Å²) in [6.07, 6.45) is 0. The highest BCUT2D eigenvalue weighted by Crippen LogP contribution is 2.31. The molecular weight excluding hydrogens is 455 g/mol. The number of carbonyl (C=O) groups excluding carboxylic acids is 1. The molecule has 1 amide bonds. The molecule has 0 unspecified atom stereocenters. The minimum atomic E-state index is -0.236. The van der Waals surface area contributed by atoms with Crippen LogP contribution in [0.15, 0.2) is 77.2 Å². The zero-order valence-corrected chi connectivity index (χ0v) is 18.1. The zero-order valence-electron chi connectivity index (χ0n) is 15.8. The van der Waals surface area contributed by atoms with E-state index in [4.69, 9.17) is 39.2 Å². The first-order chi connectivity index (χ1) is 15.0. The van der Waals surface area contributed by atoms with Crippen LogP contribution in [0.4, 0.5) is 5.69 Å². The van der Waals surface area contributed by atoms with Crippen molar-refractivity contribution in [3.05, 3.63) is 93.4 Å². The Labute approximate surface area is 192 Å². The molecule has 7 heteroatoms. The smallest absolute Gasteiger partial charge is 0.256 e. The van der Waals surface area contributed by atoms with E-state index in [1.54, 1.807) is 48.5 Å². The summed E-state index contributed by atoms with van der Waals surface area (Å²) in [5.41, 5.74) is 3.06. The minimum Gasteiger partial charge on any atom is -0.436 e. The van der Waals surface area contributed by atoms with Gasteiger partial charge < -0.3 is 9.73 Å². The van der Waals surface area contributed by atoms with Crippen LogP contribution >= 0.6 is 34.8 Å². The Balaban J connectivity index is 1.47. The van der Waals surface area contributed by atoms with E-state index in [9.17, 15) is 4.79 Å². The molecule has 4 aromatic carbocycles. The number of benzene rings is 4. The molecule has 4 nitrogen and oxygen atoms in total. The summed E-state index contributed by atoms with van der Waals surface area (Å²) in [5, 5.41) is 6.03. The first kappa shape index (κ1) is 19.9. The molecule has 0 radical (unpaired) electrons. The molecule has 0 saturated carbocycles. The van der Waals surface area contributed by atoms with Gasteiger partial charge in [0.2, 0.25) is 5.89 Å². The van der Waals surface area contributed by atoms with Crippen LogP contribution in [0.2, 0.25) is 15.1 Å². The Hall–Kier alpha value is -3.05. The van der Waals surface area contributed by atoms with E-state index in [0.717, 1.165) is 10.8 Å². The molecule has 0 bridgehead atoms. The second-order valence-electron chi connectivity index (χ2n) is 6.93. The van der Waals surface area contributed by atoms with Crippen molar-refractivity contribution in [1.82, 2.24) is 4.98 Å². The molecule has 5 aromatic rings. The molecule has 5 rings (SSSR count). The monoisotopic (exact) mass is 466 g/mol. The summed E-state index contributed by atoms with van der Waals surface area (Å²) in [6, 6.07) is 21.4. The van der Waals surface area contributed by atoms with Crippen molar-refractivity contribution >= 4 is 68.3 Å². The van der Waals surface area contributed by atoms with Gasteiger partial charge >= 0.3 is 0 Å². The maximum Gasteiger partial charge on any atom is 0.256 e. The maximum absolute atomic E-state index is 12.9. The van der Waals surface area contributed by atoms with Crippen LogP contribution in [0, 0.1) is 0 Å². The topological polar surface area (TPSA) is 55.1 Å². The summed E-state index contributed by atoms with van der Waals surface area (Å²) >= 11 is 18.3. The normalized spacial score (nSPS) is 11.2. The zero-order chi connectivity index (χ0) is 21.5.